The largest absolute Gasteiger partial charge is 1.00 e. The fourth-order valence-corrected chi connectivity index (χ4v) is 1.78. The van der Waals surface area contributed by atoms with Crippen LogP contribution in [0.4, 0.5) is 0 Å². The van der Waals surface area contributed by atoms with Crippen molar-refractivity contribution in [2.24, 2.45) is 0 Å². The minimum atomic E-state index is -0.0256. The number of hydrogen-bond acceptors (Lipinski definition) is 2. The molecule has 0 heterocycles. The van der Waals surface area contributed by atoms with E-state index >= 15 is 0 Å². The van der Waals surface area contributed by atoms with Crippen molar-refractivity contribution in [1.82, 2.24) is 4.90 Å². The number of halogens is 1. The number of hydrogen-bond donors (Lipinski definition) is 0. The van der Waals surface area contributed by atoms with Gasteiger partial charge < -0.3 is 12.4 Å². The van der Waals surface area contributed by atoms with Gasteiger partial charge in [0.1, 0.15) is 0 Å². The molecule has 0 aliphatic carbocycles. The highest BCUT2D eigenvalue weighted by molar-refractivity contribution is 5.99. The summed E-state index contributed by atoms with van der Waals surface area (Å²) in [6, 6.07) is 9.47. The lowest BCUT2D eigenvalue weighted by molar-refractivity contribution is -0.0000110. The quantitative estimate of drug-likeness (QED) is 0.654. The normalized spacial score (nSPS) is 12.0. The monoisotopic (exact) mass is 240 g/mol. The third-order valence-corrected chi connectivity index (χ3v) is 2.80. The Labute approximate surface area is 104 Å². The van der Waals surface area contributed by atoms with Crippen LogP contribution in [0.25, 0.3) is 0 Å². The third-order valence-electron chi connectivity index (χ3n) is 2.80. The van der Waals surface area contributed by atoms with E-state index in [9.17, 15) is 4.79 Å². The molecule has 2 nitrogen and oxygen atoms in total. The first-order valence-electron chi connectivity index (χ1n) is 5.54. The lowest BCUT2D eigenvalue weighted by Crippen LogP contribution is -3.00. The SMILES string of the molecule is CCN(CC)C(C)C(=O)c1ccccc1.[Cl-]. The van der Waals surface area contributed by atoms with Crippen LogP contribution >= 0.6 is 0 Å². The Balaban J connectivity index is 0.00000225. The molecule has 1 atom stereocenters. The van der Waals surface area contributed by atoms with Crippen LogP contribution in [0.1, 0.15) is 31.1 Å². The molecule has 1 rings (SSSR count). The minimum Gasteiger partial charge on any atom is -1.00 e. The molecular formula is C13H19ClNO-. The van der Waals surface area contributed by atoms with Gasteiger partial charge in [0.15, 0.2) is 5.78 Å². The maximum atomic E-state index is 12.1. The molecule has 1 aromatic carbocycles. The number of nitrogens with zero attached hydrogens (tertiary/aromatic N) is 1. The molecular weight excluding hydrogens is 222 g/mol. The van der Waals surface area contributed by atoms with Crippen LogP contribution in [0, 0.1) is 0 Å². The van der Waals surface area contributed by atoms with Gasteiger partial charge in [-0.3, -0.25) is 9.69 Å². The predicted molar refractivity (Wildman–Crippen MR) is 63.2 cm³/mol. The van der Waals surface area contributed by atoms with Gasteiger partial charge in [-0.05, 0) is 20.0 Å². The van der Waals surface area contributed by atoms with Crippen molar-refractivity contribution in [2.75, 3.05) is 13.1 Å². The van der Waals surface area contributed by atoms with Crippen LogP contribution in [0.2, 0.25) is 0 Å². The Morgan fingerprint density at radius 1 is 1.19 bits per heavy atom. The molecule has 3 heteroatoms. The van der Waals surface area contributed by atoms with E-state index in [1.807, 2.05) is 37.3 Å². The molecule has 0 spiro atoms. The second kappa shape index (κ2) is 7.42. The van der Waals surface area contributed by atoms with Crippen LogP contribution in [0.3, 0.4) is 0 Å². The summed E-state index contributed by atoms with van der Waals surface area (Å²) < 4.78 is 0. The average molecular weight is 241 g/mol. The van der Waals surface area contributed by atoms with E-state index in [1.165, 1.54) is 0 Å². The molecule has 0 aliphatic heterocycles. The molecule has 1 aromatic rings. The van der Waals surface area contributed by atoms with Gasteiger partial charge in [0.2, 0.25) is 0 Å². The molecule has 0 saturated heterocycles. The zero-order valence-corrected chi connectivity index (χ0v) is 10.9. The predicted octanol–water partition coefficient (Wildman–Crippen LogP) is -0.396. The molecule has 0 N–H and O–H groups in total. The van der Waals surface area contributed by atoms with Crippen molar-refractivity contribution in [3.05, 3.63) is 35.9 Å². The standard InChI is InChI=1S/C13H19NO.ClH/c1-4-14(5-2)11(3)13(15)12-9-7-6-8-10-12;/h6-11H,4-5H2,1-3H3;1H/p-1. The summed E-state index contributed by atoms with van der Waals surface area (Å²) in [4.78, 5) is 14.2. The maximum absolute atomic E-state index is 12.1. The molecule has 0 radical (unpaired) electrons. The van der Waals surface area contributed by atoms with Crippen LogP contribution in [0.5, 0.6) is 0 Å². The van der Waals surface area contributed by atoms with Crippen molar-refractivity contribution >= 4 is 5.78 Å². The lowest BCUT2D eigenvalue weighted by atomic mass is 10.0. The highest BCUT2D eigenvalue weighted by Crippen LogP contribution is 2.08. The van der Waals surface area contributed by atoms with E-state index in [-0.39, 0.29) is 24.2 Å². The first kappa shape index (κ1) is 15.1. The summed E-state index contributed by atoms with van der Waals surface area (Å²) in [5, 5.41) is 0. The van der Waals surface area contributed by atoms with Crippen LogP contribution in [-0.2, 0) is 0 Å². The van der Waals surface area contributed by atoms with Crippen molar-refractivity contribution in [2.45, 2.75) is 26.8 Å². The van der Waals surface area contributed by atoms with E-state index in [0.29, 0.717) is 0 Å². The van der Waals surface area contributed by atoms with Crippen molar-refractivity contribution in [1.29, 1.82) is 0 Å². The molecule has 0 saturated carbocycles. The van der Waals surface area contributed by atoms with Gasteiger partial charge in [-0.2, -0.15) is 0 Å². The second-order valence-electron chi connectivity index (χ2n) is 3.63. The zero-order chi connectivity index (χ0) is 11.3. The lowest BCUT2D eigenvalue weighted by Gasteiger charge is -2.25. The molecule has 1 unspecified atom stereocenters. The molecule has 90 valence electrons. The van der Waals surface area contributed by atoms with E-state index < -0.39 is 0 Å². The maximum Gasteiger partial charge on any atom is 0.179 e. The number of likely N-dealkylation sites (N-methyl/N-ethyl adjacent to an activating group) is 1. The fraction of sp³-hybridized carbons (Fsp3) is 0.462. The zero-order valence-electron chi connectivity index (χ0n) is 10.1. The van der Waals surface area contributed by atoms with E-state index in [4.69, 9.17) is 0 Å². The summed E-state index contributed by atoms with van der Waals surface area (Å²) in [5.74, 6) is 0.208. The van der Waals surface area contributed by atoms with Gasteiger partial charge in [0.05, 0.1) is 6.04 Å². The second-order valence-corrected chi connectivity index (χ2v) is 3.63. The Hall–Kier alpha value is -0.860. The topological polar surface area (TPSA) is 20.3 Å². The summed E-state index contributed by atoms with van der Waals surface area (Å²) in [6.45, 7) is 7.96. The van der Waals surface area contributed by atoms with Gasteiger partial charge in [-0.25, -0.2) is 0 Å². The molecule has 0 amide bonds. The number of carbonyl (C=O) groups is 1. The first-order chi connectivity index (χ1) is 7.20. The Kier molecular flexibility index (Phi) is 7.02. The molecule has 16 heavy (non-hydrogen) atoms. The molecule has 0 aliphatic rings. The number of carbonyl (C=O) groups excluding carboxylic acids is 1. The Morgan fingerprint density at radius 3 is 2.12 bits per heavy atom. The van der Waals surface area contributed by atoms with Gasteiger partial charge in [-0.15, -0.1) is 0 Å². The number of ketones is 1. The van der Waals surface area contributed by atoms with Crippen molar-refractivity contribution < 1.29 is 17.2 Å². The van der Waals surface area contributed by atoms with Crippen LogP contribution in [-0.4, -0.2) is 29.8 Å². The number of rotatable bonds is 5. The molecule has 0 fully saturated rings. The van der Waals surface area contributed by atoms with E-state index in [2.05, 4.69) is 18.7 Å². The Bertz CT molecular complexity index is 309. The first-order valence-corrected chi connectivity index (χ1v) is 5.54. The fourth-order valence-electron chi connectivity index (χ4n) is 1.78. The van der Waals surface area contributed by atoms with Crippen molar-refractivity contribution in [3.8, 4) is 0 Å². The van der Waals surface area contributed by atoms with E-state index in [0.717, 1.165) is 18.7 Å². The summed E-state index contributed by atoms with van der Waals surface area (Å²) in [7, 11) is 0. The van der Waals surface area contributed by atoms with Crippen LogP contribution < -0.4 is 12.4 Å². The number of benzene rings is 1. The van der Waals surface area contributed by atoms with Gasteiger partial charge in [0, 0.05) is 5.56 Å². The highest BCUT2D eigenvalue weighted by atomic mass is 35.5. The highest BCUT2D eigenvalue weighted by Gasteiger charge is 2.19. The minimum absolute atomic E-state index is 0. The van der Waals surface area contributed by atoms with Crippen LogP contribution in [0.15, 0.2) is 30.3 Å². The Morgan fingerprint density at radius 2 is 1.69 bits per heavy atom. The molecule has 0 bridgehead atoms. The van der Waals surface area contributed by atoms with E-state index in [1.54, 1.807) is 0 Å². The summed E-state index contributed by atoms with van der Waals surface area (Å²) >= 11 is 0. The third kappa shape index (κ3) is 3.62. The smallest absolute Gasteiger partial charge is 0.179 e. The van der Waals surface area contributed by atoms with Crippen molar-refractivity contribution in [3.63, 3.8) is 0 Å². The average Bonchev–Trinajstić information content (AvgIpc) is 2.30. The summed E-state index contributed by atoms with van der Waals surface area (Å²) in [6.07, 6.45) is 0. The number of Topliss-reactive ketones (excluding diaryl/α,β-unsaturated/α-hetero) is 1. The summed E-state index contributed by atoms with van der Waals surface area (Å²) in [5.41, 5.74) is 0.803. The molecule has 0 aromatic heterocycles. The van der Waals surface area contributed by atoms with Gasteiger partial charge in [0.25, 0.3) is 0 Å². The van der Waals surface area contributed by atoms with Gasteiger partial charge >= 0.3 is 0 Å². The van der Waals surface area contributed by atoms with Gasteiger partial charge in [-0.1, -0.05) is 44.2 Å².